The quantitative estimate of drug-likeness (QED) is 0.822. The molecule has 4 aliphatic carbocycles. The molecule has 0 aromatic heterocycles. The molecule has 4 fully saturated rings. The van der Waals surface area contributed by atoms with Crippen LogP contribution in [-0.4, -0.2) is 43.3 Å². The smallest absolute Gasteiger partial charge is 0.139 e. The number of hydrogen-bond donors (Lipinski definition) is 2. The molecule has 4 heteroatoms. The summed E-state index contributed by atoms with van der Waals surface area (Å²) in [7, 11) is 3.91. The first-order valence-electron chi connectivity index (χ1n) is 10.3. The van der Waals surface area contributed by atoms with Gasteiger partial charge in [0.1, 0.15) is 5.78 Å². The fourth-order valence-electron chi connectivity index (χ4n) is 7.87. The minimum Gasteiger partial charge on any atom is -0.393 e. The van der Waals surface area contributed by atoms with Gasteiger partial charge >= 0.3 is 0 Å². The summed E-state index contributed by atoms with van der Waals surface area (Å²) in [4.78, 5) is 12.6. The summed E-state index contributed by atoms with van der Waals surface area (Å²) >= 11 is 0. The number of carbonyl (C=O) groups is 1. The maximum absolute atomic E-state index is 12.6. The fraction of sp³-hybridized carbons (Fsp3) is 0.952. The van der Waals surface area contributed by atoms with E-state index in [1.807, 2.05) is 7.11 Å². The number of rotatable bonds is 3. The van der Waals surface area contributed by atoms with Crippen molar-refractivity contribution in [1.82, 2.24) is 5.32 Å². The number of Topliss-reactive ketones (excluding diaryl/α,β-unsaturated/α-hetero) is 1. The molecule has 0 bridgehead atoms. The van der Waals surface area contributed by atoms with E-state index in [9.17, 15) is 9.90 Å². The first-order valence-corrected chi connectivity index (χ1v) is 10.3. The number of aliphatic hydroxyl groups excluding tert-OH is 1. The topological polar surface area (TPSA) is 58.6 Å². The molecule has 4 aliphatic rings. The van der Waals surface area contributed by atoms with Gasteiger partial charge < -0.3 is 15.2 Å². The number of hydrogen-bond acceptors (Lipinski definition) is 4. The van der Waals surface area contributed by atoms with Crippen LogP contribution in [0.2, 0.25) is 0 Å². The third kappa shape index (κ3) is 2.26. The van der Waals surface area contributed by atoms with E-state index in [4.69, 9.17) is 4.74 Å². The van der Waals surface area contributed by atoms with Crippen LogP contribution < -0.4 is 5.32 Å². The number of ketones is 1. The van der Waals surface area contributed by atoms with Crippen LogP contribution >= 0.6 is 0 Å². The Bertz CT molecular complexity index is 551. The number of aliphatic hydroxyl groups is 1. The van der Waals surface area contributed by atoms with E-state index < -0.39 is 0 Å². The maximum atomic E-state index is 12.6. The van der Waals surface area contributed by atoms with Crippen molar-refractivity contribution in [3.63, 3.8) is 0 Å². The van der Waals surface area contributed by atoms with E-state index in [1.54, 1.807) is 0 Å². The first-order chi connectivity index (χ1) is 11.9. The fourth-order valence-corrected chi connectivity index (χ4v) is 7.87. The summed E-state index contributed by atoms with van der Waals surface area (Å²) in [6, 6.07) is 0. The molecule has 0 aromatic rings. The number of carbonyl (C=O) groups excluding carboxylic acids is 1. The zero-order valence-corrected chi connectivity index (χ0v) is 16.1. The van der Waals surface area contributed by atoms with E-state index in [0.717, 1.165) is 58.0 Å². The van der Waals surface area contributed by atoms with E-state index in [-0.39, 0.29) is 22.5 Å². The molecule has 142 valence electrons. The third-order valence-corrected chi connectivity index (χ3v) is 9.10. The van der Waals surface area contributed by atoms with Crippen molar-refractivity contribution >= 4 is 5.78 Å². The Hall–Kier alpha value is -0.450. The van der Waals surface area contributed by atoms with Crippen molar-refractivity contribution in [2.75, 3.05) is 20.8 Å². The van der Waals surface area contributed by atoms with E-state index in [2.05, 4.69) is 19.3 Å². The molecule has 0 aliphatic heterocycles. The lowest BCUT2D eigenvalue weighted by molar-refractivity contribution is -0.176. The Morgan fingerprint density at radius 2 is 1.96 bits per heavy atom. The lowest BCUT2D eigenvalue weighted by Crippen LogP contribution is -2.70. The highest BCUT2D eigenvalue weighted by atomic mass is 16.5. The Kier molecular flexibility index (Phi) is 4.33. The molecule has 4 rings (SSSR count). The monoisotopic (exact) mass is 349 g/mol. The van der Waals surface area contributed by atoms with Gasteiger partial charge in [-0.25, -0.2) is 0 Å². The van der Waals surface area contributed by atoms with Gasteiger partial charge in [0, 0.05) is 29.9 Å². The van der Waals surface area contributed by atoms with Gasteiger partial charge in [-0.3, -0.25) is 4.79 Å². The highest BCUT2D eigenvalue weighted by Crippen LogP contribution is 2.66. The Morgan fingerprint density at radius 3 is 2.68 bits per heavy atom. The highest BCUT2D eigenvalue weighted by Gasteiger charge is 2.66. The molecule has 0 spiro atoms. The molecule has 7 unspecified atom stereocenters. The molecular weight excluding hydrogens is 314 g/mol. The summed E-state index contributed by atoms with van der Waals surface area (Å²) in [6.07, 6.45) is 8.94. The third-order valence-electron chi connectivity index (χ3n) is 9.10. The average Bonchev–Trinajstić information content (AvgIpc) is 2.91. The van der Waals surface area contributed by atoms with E-state index in [1.165, 1.54) is 6.42 Å². The predicted molar refractivity (Wildman–Crippen MR) is 97.2 cm³/mol. The Morgan fingerprint density at radius 1 is 1.16 bits per heavy atom. The van der Waals surface area contributed by atoms with Crippen molar-refractivity contribution in [1.29, 1.82) is 0 Å². The molecule has 4 nitrogen and oxygen atoms in total. The molecule has 0 aromatic carbocycles. The van der Waals surface area contributed by atoms with Crippen LogP contribution in [0.3, 0.4) is 0 Å². The van der Waals surface area contributed by atoms with Crippen LogP contribution in [0, 0.1) is 28.6 Å². The van der Waals surface area contributed by atoms with Gasteiger partial charge in [0.15, 0.2) is 0 Å². The molecular formula is C21H35NO3. The number of ether oxygens (including phenoxy) is 1. The summed E-state index contributed by atoms with van der Waals surface area (Å²) in [6.45, 7) is 3.02. The van der Waals surface area contributed by atoms with Crippen LogP contribution in [0.1, 0.15) is 64.7 Å². The largest absolute Gasteiger partial charge is 0.393 e. The van der Waals surface area contributed by atoms with E-state index in [0.29, 0.717) is 23.5 Å². The first kappa shape index (κ1) is 17.9. The highest BCUT2D eigenvalue weighted by molar-refractivity contribution is 5.87. The van der Waals surface area contributed by atoms with Gasteiger partial charge in [0.05, 0.1) is 12.7 Å². The zero-order chi connectivity index (χ0) is 17.9. The zero-order valence-electron chi connectivity index (χ0n) is 16.1. The molecule has 4 saturated carbocycles. The lowest BCUT2D eigenvalue weighted by atomic mass is 9.42. The molecule has 0 amide bonds. The van der Waals surface area contributed by atoms with Gasteiger partial charge in [-0.05, 0) is 76.2 Å². The second-order valence-electron chi connectivity index (χ2n) is 9.65. The summed E-state index contributed by atoms with van der Waals surface area (Å²) < 4.78 is 5.82. The van der Waals surface area contributed by atoms with Gasteiger partial charge in [0.2, 0.25) is 0 Å². The van der Waals surface area contributed by atoms with Crippen molar-refractivity contribution in [3.05, 3.63) is 0 Å². The standard InChI is InChI=1S/C21H35NO3/c1-19-9-8-17-15(16(19)4-5-18(19)24)7-11-21(22-2)12-14(23)6-10-20(17,21)13-25-3/h14-17,22-23H,4-13H2,1-3H3. The summed E-state index contributed by atoms with van der Waals surface area (Å²) in [5.41, 5.74) is 0.0209. The normalized spacial score (nSPS) is 52.4. The Balaban J connectivity index is 1.73. The second-order valence-corrected chi connectivity index (χ2v) is 9.65. The van der Waals surface area contributed by atoms with Crippen LogP contribution in [0.4, 0.5) is 0 Å². The second kappa shape index (κ2) is 6.03. The van der Waals surface area contributed by atoms with Gasteiger partial charge in [-0.2, -0.15) is 0 Å². The Labute approximate surface area is 152 Å². The maximum Gasteiger partial charge on any atom is 0.139 e. The summed E-state index contributed by atoms with van der Waals surface area (Å²) in [5, 5.41) is 14.1. The van der Waals surface area contributed by atoms with Gasteiger partial charge in [-0.1, -0.05) is 6.92 Å². The van der Waals surface area contributed by atoms with Crippen molar-refractivity contribution in [3.8, 4) is 0 Å². The molecule has 7 atom stereocenters. The predicted octanol–water partition coefficient (Wildman–Crippen LogP) is 2.93. The number of nitrogens with one attached hydrogen (secondary N) is 1. The van der Waals surface area contributed by atoms with Crippen molar-refractivity contribution < 1.29 is 14.6 Å². The SMILES string of the molecule is CNC12CCC3C4CCC(=O)C4(C)CCC3C1(COC)CCC(O)C2. The van der Waals surface area contributed by atoms with Crippen LogP contribution in [-0.2, 0) is 9.53 Å². The summed E-state index contributed by atoms with van der Waals surface area (Å²) in [5.74, 6) is 2.35. The molecule has 0 radical (unpaired) electrons. The number of fused-ring (bicyclic) bond motifs is 5. The molecule has 2 N–H and O–H groups in total. The van der Waals surface area contributed by atoms with Gasteiger partial charge in [-0.15, -0.1) is 0 Å². The van der Waals surface area contributed by atoms with Crippen molar-refractivity contribution in [2.24, 2.45) is 28.6 Å². The van der Waals surface area contributed by atoms with Crippen LogP contribution in [0.5, 0.6) is 0 Å². The number of methoxy groups -OCH3 is 1. The lowest BCUT2D eigenvalue weighted by Gasteiger charge is -2.66. The average molecular weight is 350 g/mol. The minimum absolute atomic E-state index is 0.0157. The molecule has 25 heavy (non-hydrogen) atoms. The van der Waals surface area contributed by atoms with Gasteiger partial charge in [0.25, 0.3) is 0 Å². The van der Waals surface area contributed by atoms with Crippen molar-refractivity contribution in [2.45, 2.75) is 76.4 Å². The molecule has 0 heterocycles. The van der Waals surface area contributed by atoms with Crippen LogP contribution in [0.15, 0.2) is 0 Å². The minimum atomic E-state index is -0.198. The molecule has 0 saturated heterocycles. The van der Waals surface area contributed by atoms with Crippen LogP contribution in [0.25, 0.3) is 0 Å². The van der Waals surface area contributed by atoms with E-state index >= 15 is 0 Å².